The number of para-hydroxylation sites is 1. The average molecular weight is 226 g/mol. The Kier molecular flexibility index (Phi) is 4.27. The summed E-state index contributed by atoms with van der Waals surface area (Å²) in [7, 11) is 0. The van der Waals surface area contributed by atoms with Gasteiger partial charge in [-0.05, 0) is 18.4 Å². The molecular formula is C16H18O. The summed E-state index contributed by atoms with van der Waals surface area (Å²) in [6.07, 6.45) is 6.03. The molecule has 0 aliphatic rings. The number of fused-ring (bicyclic) bond motifs is 1. The SMILES string of the molecule is CCCCCCC#Cc1cc2ccccc2o1. The topological polar surface area (TPSA) is 13.1 Å². The van der Waals surface area contributed by atoms with Crippen LogP contribution < -0.4 is 0 Å². The van der Waals surface area contributed by atoms with Crippen LogP contribution in [0.15, 0.2) is 34.7 Å². The molecular weight excluding hydrogens is 208 g/mol. The van der Waals surface area contributed by atoms with Crippen LogP contribution in [0.25, 0.3) is 11.0 Å². The van der Waals surface area contributed by atoms with Crippen molar-refractivity contribution in [3.63, 3.8) is 0 Å². The second-order valence-corrected chi connectivity index (χ2v) is 4.26. The zero-order valence-electron chi connectivity index (χ0n) is 10.3. The van der Waals surface area contributed by atoms with Crippen molar-refractivity contribution >= 4 is 11.0 Å². The first kappa shape index (κ1) is 11.8. The van der Waals surface area contributed by atoms with Gasteiger partial charge in [0.15, 0.2) is 5.76 Å². The van der Waals surface area contributed by atoms with Crippen LogP contribution in [0, 0.1) is 11.8 Å². The number of furan rings is 1. The Morgan fingerprint density at radius 2 is 2.00 bits per heavy atom. The van der Waals surface area contributed by atoms with Crippen molar-refractivity contribution in [1.29, 1.82) is 0 Å². The summed E-state index contributed by atoms with van der Waals surface area (Å²) in [6.45, 7) is 2.22. The van der Waals surface area contributed by atoms with E-state index in [-0.39, 0.29) is 0 Å². The minimum Gasteiger partial charge on any atom is -0.448 e. The van der Waals surface area contributed by atoms with Gasteiger partial charge in [-0.3, -0.25) is 0 Å². The highest BCUT2D eigenvalue weighted by atomic mass is 16.3. The predicted octanol–water partition coefficient (Wildman–Crippen LogP) is 4.75. The molecule has 0 saturated carbocycles. The molecule has 0 spiro atoms. The first-order valence-electron chi connectivity index (χ1n) is 6.37. The number of rotatable bonds is 4. The van der Waals surface area contributed by atoms with E-state index in [9.17, 15) is 0 Å². The molecule has 0 fully saturated rings. The molecule has 1 nitrogen and oxygen atoms in total. The molecule has 2 rings (SSSR count). The second kappa shape index (κ2) is 6.15. The summed E-state index contributed by atoms with van der Waals surface area (Å²) in [5.74, 6) is 7.05. The molecule has 0 aliphatic carbocycles. The Labute approximate surface area is 103 Å². The molecule has 1 aromatic heterocycles. The van der Waals surface area contributed by atoms with Gasteiger partial charge in [-0.2, -0.15) is 0 Å². The Hall–Kier alpha value is -1.68. The zero-order chi connectivity index (χ0) is 11.9. The van der Waals surface area contributed by atoms with E-state index in [0.29, 0.717) is 0 Å². The Morgan fingerprint density at radius 3 is 2.82 bits per heavy atom. The maximum absolute atomic E-state index is 5.62. The lowest BCUT2D eigenvalue weighted by Gasteiger charge is -1.91. The molecule has 0 atom stereocenters. The minimum absolute atomic E-state index is 0.779. The first-order valence-corrected chi connectivity index (χ1v) is 6.37. The average Bonchev–Trinajstić information content (AvgIpc) is 2.76. The van der Waals surface area contributed by atoms with Gasteiger partial charge in [-0.1, -0.05) is 50.3 Å². The van der Waals surface area contributed by atoms with Crippen LogP contribution in [0.4, 0.5) is 0 Å². The first-order chi connectivity index (χ1) is 8.40. The highest BCUT2D eigenvalue weighted by Crippen LogP contribution is 2.17. The van der Waals surface area contributed by atoms with Gasteiger partial charge in [0.05, 0.1) is 0 Å². The number of unbranched alkanes of at least 4 members (excludes halogenated alkanes) is 4. The predicted molar refractivity (Wildman–Crippen MR) is 71.9 cm³/mol. The third-order valence-electron chi connectivity index (χ3n) is 2.79. The lowest BCUT2D eigenvalue weighted by Crippen LogP contribution is -1.74. The molecule has 1 aromatic carbocycles. The van der Waals surface area contributed by atoms with Crippen molar-refractivity contribution < 1.29 is 4.42 Å². The molecule has 0 unspecified atom stereocenters. The van der Waals surface area contributed by atoms with Crippen LogP contribution in [-0.4, -0.2) is 0 Å². The van der Waals surface area contributed by atoms with E-state index in [1.54, 1.807) is 0 Å². The van der Waals surface area contributed by atoms with Gasteiger partial charge < -0.3 is 4.42 Å². The molecule has 17 heavy (non-hydrogen) atoms. The van der Waals surface area contributed by atoms with Crippen molar-refractivity contribution in [2.45, 2.75) is 39.0 Å². The second-order valence-electron chi connectivity index (χ2n) is 4.26. The van der Waals surface area contributed by atoms with Crippen LogP contribution in [-0.2, 0) is 0 Å². The van der Waals surface area contributed by atoms with Gasteiger partial charge in [0.25, 0.3) is 0 Å². The molecule has 0 bridgehead atoms. The summed E-state index contributed by atoms with van der Waals surface area (Å²) < 4.78 is 5.62. The summed E-state index contributed by atoms with van der Waals surface area (Å²) in [5, 5.41) is 1.13. The number of hydrogen-bond donors (Lipinski definition) is 0. The quantitative estimate of drug-likeness (QED) is 0.541. The van der Waals surface area contributed by atoms with Crippen LogP contribution in [0.2, 0.25) is 0 Å². The minimum atomic E-state index is 0.779. The lowest BCUT2D eigenvalue weighted by molar-refractivity contribution is 0.601. The molecule has 0 aliphatic heterocycles. The molecule has 1 heteroatoms. The van der Waals surface area contributed by atoms with Gasteiger partial charge in [-0.15, -0.1) is 0 Å². The van der Waals surface area contributed by atoms with Gasteiger partial charge in [0, 0.05) is 17.9 Å². The molecule has 0 radical (unpaired) electrons. The molecule has 1 heterocycles. The largest absolute Gasteiger partial charge is 0.448 e. The zero-order valence-corrected chi connectivity index (χ0v) is 10.3. The standard InChI is InChI=1S/C16H18O/c1-2-3-4-5-6-7-11-15-13-14-10-8-9-12-16(14)17-15/h8-10,12-13H,2-6H2,1H3. The van der Waals surface area contributed by atoms with Crippen LogP contribution in [0.5, 0.6) is 0 Å². The summed E-state index contributed by atoms with van der Waals surface area (Å²) in [4.78, 5) is 0. The molecule has 2 aromatic rings. The van der Waals surface area contributed by atoms with E-state index in [2.05, 4.69) is 18.8 Å². The molecule has 0 saturated heterocycles. The Morgan fingerprint density at radius 1 is 1.12 bits per heavy atom. The van der Waals surface area contributed by atoms with E-state index in [4.69, 9.17) is 4.42 Å². The van der Waals surface area contributed by atoms with Gasteiger partial charge >= 0.3 is 0 Å². The summed E-state index contributed by atoms with van der Waals surface area (Å²) in [6, 6.07) is 10.0. The van der Waals surface area contributed by atoms with Crippen molar-refractivity contribution in [1.82, 2.24) is 0 Å². The fourth-order valence-electron chi connectivity index (χ4n) is 1.83. The Bertz CT molecular complexity index is 492. The molecule has 0 amide bonds. The van der Waals surface area contributed by atoms with E-state index in [0.717, 1.165) is 23.2 Å². The normalized spacial score (nSPS) is 10.2. The lowest BCUT2D eigenvalue weighted by atomic mass is 10.1. The number of hydrogen-bond acceptors (Lipinski definition) is 1. The van der Waals surface area contributed by atoms with Crippen molar-refractivity contribution in [3.8, 4) is 11.8 Å². The van der Waals surface area contributed by atoms with E-state index >= 15 is 0 Å². The highest BCUT2D eigenvalue weighted by molar-refractivity contribution is 5.78. The van der Waals surface area contributed by atoms with Crippen molar-refractivity contribution in [2.24, 2.45) is 0 Å². The summed E-state index contributed by atoms with van der Waals surface area (Å²) in [5.41, 5.74) is 0.919. The molecule has 0 N–H and O–H groups in total. The third-order valence-corrected chi connectivity index (χ3v) is 2.79. The van der Waals surface area contributed by atoms with Crippen LogP contribution >= 0.6 is 0 Å². The number of benzene rings is 1. The van der Waals surface area contributed by atoms with Crippen molar-refractivity contribution in [2.75, 3.05) is 0 Å². The van der Waals surface area contributed by atoms with Crippen molar-refractivity contribution in [3.05, 3.63) is 36.1 Å². The van der Waals surface area contributed by atoms with Gasteiger partial charge in [-0.25, -0.2) is 0 Å². The third kappa shape index (κ3) is 3.39. The van der Waals surface area contributed by atoms with E-state index < -0.39 is 0 Å². The smallest absolute Gasteiger partial charge is 0.178 e. The monoisotopic (exact) mass is 226 g/mol. The van der Waals surface area contributed by atoms with Crippen LogP contribution in [0.1, 0.15) is 44.8 Å². The summed E-state index contributed by atoms with van der Waals surface area (Å²) >= 11 is 0. The van der Waals surface area contributed by atoms with Crippen LogP contribution in [0.3, 0.4) is 0 Å². The van der Waals surface area contributed by atoms with E-state index in [1.165, 1.54) is 25.7 Å². The maximum atomic E-state index is 5.62. The fourth-order valence-corrected chi connectivity index (χ4v) is 1.83. The molecule has 88 valence electrons. The van der Waals surface area contributed by atoms with E-state index in [1.807, 2.05) is 30.3 Å². The highest BCUT2D eigenvalue weighted by Gasteiger charge is 1.98. The van der Waals surface area contributed by atoms with Gasteiger partial charge in [0.2, 0.25) is 0 Å². The fraction of sp³-hybridized carbons (Fsp3) is 0.375. The Balaban J connectivity index is 1.92. The van der Waals surface area contributed by atoms with Gasteiger partial charge in [0.1, 0.15) is 5.58 Å². The maximum Gasteiger partial charge on any atom is 0.178 e.